The van der Waals surface area contributed by atoms with E-state index in [1.54, 1.807) is 20.8 Å². The molecule has 72 valence electrons. The summed E-state index contributed by atoms with van der Waals surface area (Å²) in [5.41, 5.74) is -0.830. The van der Waals surface area contributed by atoms with Gasteiger partial charge < -0.3 is 14.9 Å². The van der Waals surface area contributed by atoms with E-state index < -0.39 is 11.6 Å². The number of aromatic nitrogens is 2. The Morgan fingerprint density at radius 2 is 2.23 bits per heavy atom. The van der Waals surface area contributed by atoms with Crippen LogP contribution in [0.3, 0.4) is 0 Å². The molecule has 2 N–H and O–H groups in total. The maximum Gasteiger partial charge on any atom is 0.405 e. The molecule has 0 atom stereocenters. The molecule has 0 saturated heterocycles. The highest BCUT2D eigenvalue weighted by Gasteiger charge is 2.27. The first-order valence-corrected chi connectivity index (χ1v) is 3.74. The second-order valence-electron chi connectivity index (χ2n) is 3.19. The van der Waals surface area contributed by atoms with Crippen LogP contribution in [0.1, 0.15) is 25.6 Å². The summed E-state index contributed by atoms with van der Waals surface area (Å²) in [6.45, 7) is 4.96. The van der Waals surface area contributed by atoms with Gasteiger partial charge in [-0.3, -0.25) is 0 Å². The first kappa shape index (κ1) is 9.50. The van der Waals surface area contributed by atoms with Gasteiger partial charge in [0.2, 0.25) is 5.89 Å². The fraction of sp³-hybridized carbons (Fsp3) is 0.571. The molecular formula is C7H11N3O3. The third-order valence-electron chi connectivity index (χ3n) is 1.51. The van der Waals surface area contributed by atoms with Gasteiger partial charge in [0, 0.05) is 6.92 Å². The van der Waals surface area contributed by atoms with Crippen molar-refractivity contribution in [3.63, 3.8) is 0 Å². The molecule has 0 spiro atoms. The van der Waals surface area contributed by atoms with E-state index in [9.17, 15) is 4.79 Å². The van der Waals surface area contributed by atoms with Gasteiger partial charge >= 0.3 is 6.09 Å². The zero-order chi connectivity index (χ0) is 10.1. The molecule has 0 aliphatic carbocycles. The lowest BCUT2D eigenvalue weighted by molar-refractivity contribution is 0.180. The smallest absolute Gasteiger partial charge is 0.405 e. The van der Waals surface area contributed by atoms with Crippen molar-refractivity contribution in [3.8, 4) is 0 Å². The molecule has 0 bridgehead atoms. The van der Waals surface area contributed by atoms with E-state index in [1.807, 2.05) is 0 Å². The van der Waals surface area contributed by atoms with Crippen LogP contribution in [0.2, 0.25) is 0 Å². The van der Waals surface area contributed by atoms with Crippen LogP contribution in [0, 0.1) is 6.92 Å². The summed E-state index contributed by atoms with van der Waals surface area (Å²) in [5, 5.41) is 14.4. The molecule has 6 nitrogen and oxygen atoms in total. The Bertz CT molecular complexity index is 319. The molecule has 0 radical (unpaired) electrons. The highest BCUT2D eigenvalue weighted by atomic mass is 16.5. The third-order valence-corrected chi connectivity index (χ3v) is 1.51. The van der Waals surface area contributed by atoms with E-state index in [1.165, 1.54) is 0 Å². The number of carbonyl (C=O) groups is 1. The first-order valence-electron chi connectivity index (χ1n) is 3.74. The molecule has 0 saturated carbocycles. The predicted molar refractivity (Wildman–Crippen MR) is 43.2 cm³/mol. The van der Waals surface area contributed by atoms with Crippen LogP contribution in [0.4, 0.5) is 4.79 Å². The molecule has 1 amide bonds. The summed E-state index contributed by atoms with van der Waals surface area (Å²) in [6.07, 6.45) is -1.12. The molecular weight excluding hydrogens is 174 g/mol. The average Bonchev–Trinajstić information content (AvgIpc) is 2.32. The Kier molecular flexibility index (Phi) is 2.22. The maximum absolute atomic E-state index is 10.4. The van der Waals surface area contributed by atoms with Crippen LogP contribution in [0.5, 0.6) is 0 Å². The quantitative estimate of drug-likeness (QED) is 0.714. The minimum absolute atomic E-state index is 0.326. The minimum Gasteiger partial charge on any atom is -0.465 e. The molecule has 0 unspecified atom stereocenters. The number of nitrogens with one attached hydrogen (secondary N) is 1. The van der Waals surface area contributed by atoms with E-state index in [-0.39, 0.29) is 0 Å². The van der Waals surface area contributed by atoms with Gasteiger partial charge in [0.15, 0.2) is 5.82 Å². The lowest BCUT2D eigenvalue weighted by Gasteiger charge is -2.19. The van der Waals surface area contributed by atoms with Gasteiger partial charge in [0.1, 0.15) is 5.54 Å². The number of amides is 1. The molecule has 1 heterocycles. The van der Waals surface area contributed by atoms with Crippen LogP contribution >= 0.6 is 0 Å². The van der Waals surface area contributed by atoms with Crippen molar-refractivity contribution in [2.45, 2.75) is 26.3 Å². The van der Waals surface area contributed by atoms with Crippen LogP contribution in [0.25, 0.3) is 0 Å². The Morgan fingerprint density at radius 3 is 2.62 bits per heavy atom. The van der Waals surface area contributed by atoms with E-state index in [2.05, 4.69) is 15.5 Å². The molecule has 0 aliphatic heterocycles. The molecule has 1 aromatic heterocycles. The zero-order valence-corrected chi connectivity index (χ0v) is 7.66. The van der Waals surface area contributed by atoms with E-state index >= 15 is 0 Å². The molecule has 6 heteroatoms. The van der Waals surface area contributed by atoms with Crippen LogP contribution < -0.4 is 5.32 Å². The number of rotatable bonds is 2. The molecule has 1 aromatic rings. The number of carboxylic acid groups (broad SMARTS) is 1. The largest absolute Gasteiger partial charge is 0.465 e. The minimum atomic E-state index is -1.12. The fourth-order valence-electron chi connectivity index (χ4n) is 0.876. The number of aryl methyl sites for hydroxylation is 1. The van der Waals surface area contributed by atoms with Crippen LogP contribution in [0.15, 0.2) is 4.52 Å². The molecule has 0 aromatic carbocycles. The molecule has 0 fully saturated rings. The van der Waals surface area contributed by atoms with Gasteiger partial charge in [-0.25, -0.2) is 4.79 Å². The summed E-state index contributed by atoms with van der Waals surface area (Å²) >= 11 is 0. The van der Waals surface area contributed by atoms with Gasteiger partial charge in [-0.1, -0.05) is 5.16 Å². The standard InChI is InChI=1S/C7H11N3O3/c1-4-8-5(10-13-4)7(2,3)9-6(11)12/h9H,1-3H3,(H,11,12). The lowest BCUT2D eigenvalue weighted by atomic mass is 10.1. The number of hydrogen-bond acceptors (Lipinski definition) is 4. The van der Waals surface area contributed by atoms with Crippen LogP contribution in [-0.4, -0.2) is 21.3 Å². The summed E-state index contributed by atoms with van der Waals surface area (Å²) in [5.74, 6) is 0.739. The van der Waals surface area contributed by atoms with Gasteiger partial charge in [-0.15, -0.1) is 0 Å². The highest BCUT2D eigenvalue weighted by molar-refractivity contribution is 5.65. The van der Waals surface area contributed by atoms with Crippen molar-refractivity contribution in [1.29, 1.82) is 0 Å². The molecule has 13 heavy (non-hydrogen) atoms. The monoisotopic (exact) mass is 185 g/mol. The topological polar surface area (TPSA) is 88.2 Å². The average molecular weight is 185 g/mol. The Hall–Kier alpha value is -1.59. The summed E-state index contributed by atoms with van der Waals surface area (Å²) in [6, 6.07) is 0. The Balaban J connectivity index is 2.86. The van der Waals surface area contributed by atoms with E-state index in [0.29, 0.717) is 11.7 Å². The Morgan fingerprint density at radius 1 is 1.62 bits per heavy atom. The number of hydrogen-bond donors (Lipinski definition) is 2. The van der Waals surface area contributed by atoms with Crippen molar-refractivity contribution in [2.24, 2.45) is 0 Å². The summed E-state index contributed by atoms with van der Waals surface area (Å²) < 4.78 is 4.74. The molecule has 1 rings (SSSR count). The fourth-order valence-corrected chi connectivity index (χ4v) is 0.876. The normalized spacial score (nSPS) is 11.3. The van der Waals surface area contributed by atoms with Gasteiger partial charge in [0.25, 0.3) is 0 Å². The second-order valence-corrected chi connectivity index (χ2v) is 3.19. The third kappa shape index (κ3) is 2.17. The van der Waals surface area contributed by atoms with Gasteiger partial charge in [-0.05, 0) is 13.8 Å². The van der Waals surface area contributed by atoms with Crippen molar-refractivity contribution in [3.05, 3.63) is 11.7 Å². The van der Waals surface area contributed by atoms with Crippen LogP contribution in [-0.2, 0) is 5.54 Å². The van der Waals surface area contributed by atoms with E-state index in [0.717, 1.165) is 0 Å². The van der Waals surface area contributed by atoms with Gasteiger partial charge in [-0.2, -0.15) is 4.98 Å². The van der Waals surface area contributed by atoms with Crippen molar-refractivity contribution >= 4 is 6.09 Å². The first-order chi connectivity index (χ1) is 5.92. The Labute approximate surface area is 74.9 Å². The second kappa shape index (κ2) is 3.04. The predicted octanol–water partition coefficient (Wildman–Crippen LogP) is 0.881. The van der Waals surface area contributed by atoms with E-state index in [4.69, 9.17) is 9.63 Å². The molecule has 0 aliphatic rings. The SMILES string of the molecule is Cc1nc(C(C)(C)NC(=O)O)no1. The summed E-state index contributed by atoms with van der Waals surface area (Å²) in [4.78, 5) is 14.3. The van der Waals surface area contributed by atoms with Crippen molar-refractivity contribution in [2.75, 3.05) is 0 Å². The van der Waals surface area contributed by atoms with Gasteiger partial charge in [0.05, 0.1) is 0 Å². The van der Waals surface area contributed by atoms with Crippen molar-refractivity contribution < 1.29 is 14.4 Å². The maximum atomic E-state index is 10.4. The zero-order valence-electron chi connectivity index (χ0n) is 7.66. The summed E-state index contributed by atoms with van der Waals surface area (Å²) in [7, 11) is 0. The lowest BCUT2D eigenvalue weighted by Crippen LogP contribution is -2.40. The van der Waals surface area contributed by atoms with Crippen molar-refractivity contribution in [1.82, 2.24) is 15.5 Å². The highest BCUT2D eigenvalue weighted by Crippen LogP contribution is 2.15. The number of nitrogens with zero attached hydrogens (tertiary/aromatic N) is 2.